The highest BCUT2D eigenvalue weighted by Gasteiger charge is 2.46. The number of aromatic nitrogens is 4. The SMILES string of the molecule is Cc1c(C)c2c3cc4c(cc3n3c5cnc6c(c5c(c1C)c23)C1c2ccccc2C6c2ccccc21)c1cc(C(C)(C)C)cc2c3c5c(ncc3n4c12)C1c2ccccc2C5c2ccccc21. The Balaban J connectivity index is 1.02. The molecule has 6 heterocycles. The molecule has 0 saturated heterocycles. The molecule has 0 atom stereocenters. The topological polar surface area (TPSA) is 34.6 Å². The molecule has 6 aliphatic rings. The van der Waals surface area contributed by atoms with Crippen LogP contribution in [0.5, 0.6) is 0 Å². The molecule has 4 bridgehead atoms. The second-order valence-corrected chi connectivity index (χ2v) is 21.6. The van der Waals surface area contributed by atoms with Crippen molar-refractivity contribution >= 4 is 76.2 Å². The Morgan fingerprint density at radius 3 is 1.33 bits per heavy atom. The van der Waals surface area contributed by atoms with Gasteiger partial charge in [0.15, 0.2) is 0 Å². The fourth-order valence-electron chi connectivity index (χ4n) is 14.8. The minimum Gasteiger partial charge on any atom is -0.306 e. The van der Waals surface area contributed by atoms with E-state index in [2.05, 4.69) is 184 Å². The maximum atomic E-state index is 5.55. The van der Waals surface area contributed by atoms with E-state index in [1.54, 1.807) is 0 Å². The highest BCUT2D eigenvalue weighted by molar-refractivity contribution is 6.31. The minimum atomic E-state index is -0.0591. The average molecular weight is 857 g/mol. The van der Waals surface area contributed by atoms with Gasteiger partial charge in [0, 0.05) is 54.9 Å². The second-order valence-electron chi connectivity index (χ2n) is 21.6. The van der Waals surface area contributed by atoms with Gasteiger partial charge in [-0.05, 0) is 128 Å². The van der Waals surface area contributed by atoms with E-state index in [1.807, 2.05) is 0 Å². The Hall–Kier alpha value is -7.56. The summed E-state index contributed by atoms with van der Waals surface area (Å²) in [5.74, 6) is 0.515. The normalized spacial score (nSPS) is 18.9. The van der Waals surface area contributed by atoms with Crippen molar-refractivity contribution in [1.29, 1.82) is 0 Å². The molecule has 0 fully saturated rings. The number of aryl methyl sites for hydroxylation is 2. The Morgan fingerprint density at radius 1 is 0.388 bits per heavy atom. The van der Waals surface area contributed by atoms with Gasteiger partial charge in [-0.1, -0.05) is 118 Å². The zero-order valence-electron chi connectivity index (χ0n) is 38.3. The molecule has 0 saturated carbocycles. The van der Waals surface area contributed by atoms with E-state index in [9.17, 15) is 0 Å². The van der Waals surface area contributed by atoms with Crippen LogP contribution in [0.4, 0.5) is 0 Å². The summed E-state index contributed by atoms with van der Waals surface area (Å²) in [7, 11) is 0. The van der Waals surface area contributed by atoms with E-state index in [1.165, 1.54) is 165 Å². The smallest absolute Gasteiger partial charge is 0.0728 e. The van der Waals surface area contributed by atoms with Gasteiger partial charge in [0.25, 0.3) is 0 Å². The van der Waals surface area contributed by atoms with Crippen molar-refractivity contribution < 1.29 is 0 Å². The summed E-state index contributed by atoms with van der Waals surface area (Å²) in [5.41, 5.74) is 29.6. The number of rotatable bonds is 0. The standard InChI is InChI=1S/C63H44N4/c1-29-30(2)49-43-26-45-41(25-46(43)67-48-28-65-60-54-39-21-13-9-17-35(39)52(36-18-10-14-22-40(36)54)58(60)56(48)50(31(29)3)62(49)67)42-23-32(63(4,5)6)24-44-55-47(66(45)61(42)44)27-64-59-53-37-19-11-7-15-33(37)51(57(55)59)34-16-8-12-20-38(34)53/h7-28,51-54H,1-6H3. The molecule has 4 heteroatoms. The van der Waals surface area contributed by atoms with E-state index in [0.717, 1.165) is 0 Å². The first-order valence-electron chi connectivity index (χ1n) is 24.2. The molecule has 0 unspecified atom stereocenters. The summed E-state index contributed by atoms with van der Waals surface area (Å²) >= 11 is 0. The predicted octanol–water partition coefficient (Wildman–Crippen LogP) is 15.0. The van der Waals surface area contributed by atoms with Crippen LogP contribution in [-0.2, 0) is 5.41 Å². The van der Waals surface area contributed by atoms with Crippen LogP contribution in [0.2, 0.25) is 0 Å². The van der Waals surface area contributed by atoms with Crippen LogP contribution in [0.3, 0.4) is 0 Å². The summed E-state index contributed by atoms with van der Waals surface area (Å²) in [4.78, 5) is 11.1. The van der Waals surface area contributed by atoms with E-state index in [4.69, 9.17) is 9.97 Å². The predicted molar refractivity (Wildman–Crippen MR) is 274 cm³/mol. The first-order chi connectivity index (χ1) is 32.7. The van der Waals surface area contributed by atoms with Gasteiger partial charge in [-0.3, -0.25) is 9.97 Å². The first-order valence-corrected chi connectivity index (χ1v) is 24.2. The summed E-state index contributed by atoms with van der Waals surface area (Å²) in [6.07, 6.45) is 4.45. The van der Waals surface area contributed by atoms with Crippen LogP contribution in [-0.4, -0.2) is 18.8 Å². The van der Waals surface area contributed by atoms with Crippen LogP contribution in [0.25, 0.3) is 76.2 Å². The van der Waals surface area contributed by atoms with Gasteiger partial charge in [0.2, 0.25) is 0 Å². The molecule has 6 aromatic heterocycles. The molecule has 0 N–H and O–H groups in total. The van der Waals surface area contributed by atoms with Gasteiger partial charge in [0.05, 0.1) is 68.7 Å². The highest BCUT2D eigenvalue weighted by atomic mass is 15.0. The molecule has 0 amide bonds. The van der Waals surface area contributed by atoms with Gasteiger partial charge in [0.1, 0.15) is 0 Å². The largest absolute Gasteiger partial charge is 0.306 e. The molecule has 0 spiro atoms. The molecule has 6 aliphatic carbocycles. The fourth-order valence-corrected chi connectivity index (χ4v) is 14.8. The number of benzene rings is 7. The third kappa shape index (κ3) is 3.83. The Morgan fingerprint density at radius 2 is 0.806 bits per heavy atom. The number of hydrogen-bond acceptors (Lipinski definition) is 2. The van der Waals surface area contributed by atoms with Gasteiger partial charge < -0.3 is 8.80 Å². The molecular formula is C63H44N4. The van der Waals surface area contributed by atoms with Crippen LogP contribution >= 0.6 is 0 Å². The van der Waals surface area contributed by atoms with Crippen LogP contribution in [0, 0.1) is 20.8 Å². The van der Waals surface area contributed by atoms with E-state index < -0.39 is 0 Å². The van der Waals surface area contributed by atoms with Gasteiger partial charge >= 0.3 is 0 Å². The molecule has 19 rings (SSSR count). The summed E-state index contributed by atoms with van der Waals surface area (Å²) in [6.45, 7) is 14.2. The van der Waals surface area contributed by atoms with Crippen molar-refractivity contribution in [2.24, 2.45) is 0 Å². The molecule has 316 valence electrons. The van der Waals surface area contributed by atoms with E-state index in [-0.39, 0.29) is 29.1 Å². The first kappa shape index (κ1) is 35.7. The Kier molecular flexibility index (Phi) is 6.03. The maximum absolute atomic E-state index is 5.55. The second kappa shape index (κ2) is 11.3. The zero-order chi connectivity index (χ0) is 44.3. The minimum absolute atomic E-state index is 0.0591. The van der Waals surface area contributed by atoms with Crippen molar-refractivity contribution in [3.8, 4) is 0 Å². The highest BCUT2D eigenvalue weighted by Crippen LogP contribution is 2.60. The van der Waals surface area contributed by atoms with E-state index >= 15 is 0 Å². The van der Waals surface area contributed by atoms with Crippen molar-refractivity contribution in [3.05, 3.63) is 223 Å². The number of fused-ring (bicyclic) bond motifs is 12. The van der Waals surface area contributed by atoms with Crippen molar-refractivity contribution in [2.45, 2.75) is 70.6 Å². The third-order valence-corrected chi connectivity index (χ3v) is 17.8. The third-order valence-electron chi connectivity index (χ3n) is 17.8. The van der Waals surface area contributed by atoms with Crippen LogP contribution < -0.4 is 0 Å². The van der Waals surface area contributed by atoms with Crippen LogP contribution in [0.15, 0.2) is 134 Å². The summed E-state index contributed by atoms with van der Waals surface area (Å²) in [6, 6.07) is 46.8. The average Bonchev–Trinajstić information content (AvgIpc) is 4.08. The fraction of sp³-hybridized carbons (Fsp3) is 0.175. The van der Waals surface area contributed by atoms with Crippen molar-refractivity contribution in [1.82, 2.24) is 18.8 Å². The maximum Gasteiger partial charge on any atom is 0.0728 e. The van der Waals surface area contributed by atoms with Crippen molar-refractivity contribution in [2.75, 3.05) is 0 Å². The van der Waals surface area contributed by atoms with Gasteiger partial charge in [-0.25, -0.2) is 0 Å². The Bertz CT molecular complexity index is 4400. The summed E-state index contributed by atoms with van der Waals surface area (Å²) < 4.78 is 5.21. The molecule has 0 aliphatic heterocycles. The van der Waals surface area contributed by atoms with Gasteiger partial charge in [-0.15, -0.1) is 0 Å². The monoisotopic (exact) mass is 856 g/mol. The molecular weight excluding hydrogens is 813 g/mol. The number of hydrogen-bond donors (Lipinski definition) is 0. The van der Waals surface area contributed by atoms with E-state index in [0.29, 0.717) is 0 Å². The lowest BCUT2D eigenvalue weighted by molar-refractivity contribution is 0.592. The van der Waals surface area contributed by atoms with Crippen molar-refractivity contribution in [3.63, 3.8) is 0 Å². The van der Waals surface area contributed by atoms with Gasteiger partial charge in [-0.2, -0.15) is 0 Å². The molecule has 0 radical (unpaired) electrons. The summed E-state index contributed by atoms with van der Waals surface area (Å²) in [5, 5.41) is 10.8. The number of pyridine rings is 2. The lowest BCUT2D eigenvalue weighted by atomic mass is 9.62. The molecule has 67 heavy (non-hydrogen) atoms. The quantitative estimate of drug-likeness (QED) is 0.152. The zero-order valence-corrected chi connectivity index (χ0v) is 38.3. The lowest BCUT2D eigenvalue weighted by Crippen LogP contribution is -2.28. The van der Waals surface area contributed by atoms with Crippen LogP contribution in [0.1, 0.15) is 134 Å². The molecule has 4 nitrogen and oxygen atoms in total. The number of nitrogens with zero attached hydrogens (tertiary/aromatic N) is 4. The Labute approximate surface area is 386 Å². The molecule has 7 aromatic carbocycles. The lowest BCUT2D eigenvalue weighted by Gasteiger charge is -2.41. The molecule has 13 aromatic rings.